The van der Waals surface area contributed by atoms with E-state index in [0.717, 1.165) is 56.1 Å². The molecule has 0 amide bonds. The number of pyridine rings is 1. The monoisotopic (exact) mass is 566 g/mol. The molecule has 4 aromatic rings. The van der Waals surface area contributed by atoms with Crippen molar-refractivity contribution in [1.29, 1.82) is 0 Å². The minimum atomic E-state index is -2.58. The molecule has 212 valence electrons. The van der Waals surface area contributed by atoms with E-state index in [0.29, 0.717) is 34.3 Å². The lowest BCUT2D eigenvalue weighted by Crippen LogP contribution is -2.44. The number of halogens is 1. The fraction of sp³-hybridized carbons (Fsp3) is 0.393. The summed E-state index contributed by atoms with van der Waals surface area (Å²) in [7, 11) is 1.22. The van der Waals surface area contributed by atoms with Crippen LogP contribution < -0.4 is 19.7 Å². The first-order valence-electron chi connectivity index (χ1n) is 13.5. The number of hydrogen-bond acceptors (Lipinski definition) is 8. The van der Waals surface area contributed by atoms with Crippen LogP contribution in [-0.4, -0.2) is 81.5 Å². The van der Waals surface area contributed by atoms with Crippen LogP contribution in [0.15, 0.2) is 42.6 Å². The Morgan fingerprint density at radius 3 is 2.55 bits per heavy atom. The van der Waals surface area contributed by atoms with Gasteiger partial charge in [0, 0.05) is 62.6 Å². The summed E-state index contributed by atoms with van der Waals surface area (Å²) in [5.41, 5.74) is 2.80. The Balaban J connectivity index is 1.36. The minimum Gasteiger partial charge on any atom is -0.495 e. The number of ether oxygens (including phenoxy) is 1. The van der Waals surface area contributed by atoms with Gasteiger partial charge in [0.15, 0.2) is 11.5 Å². The number of hydrogen-bond donors (Lipinski definition) is 3. The van der Waals surface area contributed by atoms with Crippen molar-refractivity contribution in [3.8, 4) is 11.6 Å². The first-order valence-corrected chi connectivity index (χ1v) is 16.1. The predicted octanol–water partition coefficient (Wildman–Crippen LogP) is 3.94. The van der Waals surface area contributed by atoms with Gasteiger partial charge >= 0.3 is 0 Å². The van der Waals surface area contributed by atoms with Crippen LogP contribution in [0.3, 0.4) is 0 Å². The largest absolute Gasteiger partial charge is 0.495 e. The third-order valence-electron chi connectivity index (χ3n) is 7.27. The second-order valence-corrected chi connectivity index (χ2v) is 13.8. The molecule has 40 heavy (non-hydrogen) atoms. The van der Waals surface area contributed by atoms with E-state index in [1.807, 2.05) is 30.3 Å². The normalized spacial score (nSPS) is 16.8. The predicted molar refractivity (Wildman–Crippen MR) is 160 cm³/mol. The number of piperazine rings is 1. The van der Waals surface area contributed by atoms with E-state index in [-0.39, 0.29) is 11.7 Å². The number of nitrogens with one attached hydrogen (secondary N) is 2. The fourth-order valence-electron chi connectivity index (χ4n) is 5.14. The molecule has 0 bridgehead atoms. The van der Waals surface area contributed by atoms with E-state index in [1.54, 1.807) is 30.3 Å². The SMILES string of the molecule is COc1cc(Nc2ncc3c(F)c(C4CC4)n(-c4cccc(N[SH](C)(C)=O)n4)c3n2)ccc1N1CCN(C)CC1. The molecule has 6 rings (SSSR count). The Kier molecular flexibility index (Phi) is 6.83. The van der Waals surface area contributed by atoms with Crippen molar-refractivity contribution in [2.75, 3.05) is 67.8 Å². The second kappa shape index (κ2) is 10.3. The van der Waals surface area contributed by atoms with Gasteiger partial charge in [-0.1, -0.05) is 6.07 Å². The zero-order chi connectivity index (χ0) is 28.0. The lowest BCUT2D eigenvalue weighted by Gasteiger charge is -2.34. The van der Waals surface area contributed by atoms with E-state index in [1.165, 1.54) is 6.20 Å². The number of aromatic nitrogens is 4. The van der Waals surface area contributed by atoms with Crippen molar-refractivity contribution in [3.05, 3.63) is 54.1 Å². The molecule has 12 heteroatoms. The molecule has 2 N–H and O–H groups in total. The van der Waals surface area contributed by atoms with Crippen LogP contribution in [0.4, 0.5) is 27.5 Å². The van der Waals surface area contributed by atoms with Gasteiger partial charge in [0.2, 0.25) is 5.95 Å². The molecule has 0 spiro atoms. The Morgan fingerprint density at radius 2 is 1.85 bits per heavy atom. The maximum Gasteiger partial charge on any atom is 0.229 e. The molecule has 0 atom stereocenters. The zero-order valence-electron chi connectivity index (χ0n) is 23.2. The van der Waals surface area contributed by atoms with Gasteiger partial charge in [-0.25, -0.2) is 14.4 Å². The first kappa shape index (κ1) is 26.5. The van der Waals surface area contributed by atoms with E-state index in [4.69, 9.17) is 9.72 Å². The summed E-state index contributed by atoms with van der Waals surface area (Å²) in [4.78, 5) is 18.5. The van der Waals surface area contributed by atoms with E-state index in [9.17, 15) is 4.21 Å². The minimum absolute atomic E-state index is 0.0962. The van der Waals surface area contributed by atoms with Gasteiger partial charge in [-0.05, 0) is 54.3 Å². The Hall–Kier alpha value is -3.77. The van der Waals surface area contributed by atoms with Crippen LogP contribution >= 0.6 is 0 Å². The van der Waals surface area contributed by atoms with Crippen molar-refractivity contribution in [1.82, 2.24) is 24.4 Å². The van der Waals surface area contributed by atoms with Gasteiger partial charge in [-0.15, -0.1) is 0 Å². The van der Waals surface area contributed by atoms with Crippen LogP contribution in [-0.2, 0) is 10.1 Å². The van der Waals surface area contributed by atoms with Crippen molar-refractivity contribution in [2.45, 2.75) is 18.8 Å². The number of thiol groups is 1. The maximum absolute atomic E-state index is 15.7. The summed E-state index contributed by atoms with van der Waals surface area (Å²) in [5.74, 6) is 1.85. The number of fused-ring (bicyclic) bond motifs is 1. The van der Waals surface area contributed by atoms with Crippen LogP contribution in [0.2, 0.25) is 0 Å². The van der Waals surface area contributed by atoms with Gasteiger partial charge in [-0.3, -0.25) is 8.78 Å². The highest BCUT2D eigenvalue weighted by Gasteiger charge is 2.34. The van der Waals surface area contributed by atoms with Crippen LogP contribution in [0.5, 0.6) is 5.75 Å². The quantitative estimate of drug-likeness (QED) is 0.276. The zero-order valence-corrected chi connectivity index (χ0v) is 24.1. The summed E-state index contributed by atoms with van der Waals surface area (Å²) < 4.78 is 38.5. The van der Waals surface area contributed by atoms with Crippen molar-refractivity contribution < 1.29 is 13.3 Å². The number of methoxy groups -OCH3 is 1. The van der Waals surface area contributed by atoms with Gasteiger partial charge in [0.25, 0.3) is 0 Å². The number of nitrogens with zero attached hydrogens (tertiary/aromatic N) is 6. The lowest BCUT2D eigenvalue weighted by molar-refractivity contribution is 0.311. The van der Waals surface area contributed by atoms with Crippen molar-refractivity contribution >= 4 is 44.3 Å². The molecule has 1 saturated carbocycles. The van der Waals surface area contributed by atoms with Crippen LogP contribution in [0.1, 0.15) is 24.5 Å². The molecular weight excluding hydrogens is 531 g/mol. The average molecular weight is 567 g/mol. The molecule has 2 fully saturated rings. The molecule has 1 aliphatic heterocycles. The van der Waals surface area contributed by atoms with E-state index in [2.05, 4.69) is 36.9 Å². The second-order valence-electron chi connectivity index (χ2n) is 10.9. The standard InChI is InChI=1S/C28H35FN8O2S/c1-35-12-14-36(15-13-35)21-11-10-19(16-22(21)39-2)31-28-30-17-20-25(29)26(18-8-9-18)37(27(20)33-28)24-7-5-6-23(32-24)34-40(3,4)38/h5-7,10-11,16-18,40H,8-9,12-15H2,1-4H3,(H,30,31,33)(H,32,34,38). The highest BCUT2D eigenvalue weighted by molar-refractivity contribution is 8.02. The van der Waals surface area contributed by atoms with Gasteiger partial charge < -0.3 is 24.6 Å². The summed E-state index contributed by atoms with van der Waals surface area (Å²) in [6, 6.07) is 11.3. The van der Waals surface area contributed by atoms with E-state index < -0.39 is 10.1 Å². The van der Waals surface area contributed by atoms with Crippen molar-refractivity contribution in [3.63, 3.8) is 0 Å². The number of rotatable bonds is 8. The topological polar surface area (TPSA) is 100 Å². The molecular formula is C28H35FN8O2S. The summed E-state index contributed by atoms with van der Waals surface area (Å²) >= 11 is 0. The van der Waals surface area contributed by atoms with Crippen molar-refractivity contribution in [2.24, 2.45) is 0 Å². The third kappa shape index (κ3) is 5.33. The first-order chi connectivity index (χ1) is 19.2. The summed E-state index contributed by atoms with van der Waals surface area (Å²) in [6.07, 6.45) is 6.61. The van der Waals surface area contributed by atoms with Gasteiger partial charge in [-0.2, -0.15) is 4.98 Å². The van der Waals surface area contributed by atoms with Gasteiger partial charge in [0.1, 0.15) is 17.4 Å². The Bertz CT molecular complexity index is 1610. The summed E-state index contributed by atoms with van der Waals surface area (Å²) in [6.45, 7) is 3.87. The molecule has 1 aromatic carbocycles. The van der Waals surface area contributed by atoms with E-state index >= 15 is 4.39 Å². The maximum atomic E-state index is 15.7. The van der Waals surface area contributed by atoms with Gasteiger partial charge in [0.05, 0.1) is 23.9 Å². The van der Waals surface area contributed by atoms with Crippen LogP contribution in [0.25, 0.3) is 16.9 Å². The number of anilines is 4. The molecule has 4 heterocycles. The molecule has 10 nitrogen and oxygen atoms in total. The highest BCUT2D eigenvalue weighted by atomic mass is 32.3. The lowest BCUT2D eigenvalue weighted by atomic mass is 10.2. The fourth-order valence-corrected chi connectivity index (χ4v) is 5.81. The Morgan fingerprint density at radius 1 is 1.07 bits per heavy atom. The molecule has 3 aromatic heterocycles. The molecule has 1 aliphatic carbocycles. The number of likely N-dealkylation sites (N-methyl/N-ethyl adjacent to an activating group) is 1. The average Bonchev–Trinajstić information content (AvgIpc) is 3.72. The summed E-state index contributed by atoms with van der Waals surface area (Å²) in [5, 5.41) is 3.61. The van der Waals surface area contributed by atoms with Crippen LogP contribution in [0, 0.1) is 5.82 Å². The highest BCUT2D eigenvalue weighted by Crippen LogP contribution is 2.45. The Labute approximate surface area is 234 Å². The molecule has 0 radical (unpaired) electrons. The molecule has 0 unspecified atom stereocenters. The molecule has 1 saturated heterocycles. The number of benzene rings is 1. The smallest absolute Gasteiger partial charge is 0.229 e. The molecule has 2 aliphatic rings. The third-order valence-corrected chi connectivity index (χ3v) is 8.04.